The predicted molar refractivity (Wildman–Crippen MR) is 49.0 cm³/mol. The zero-order valence-corrected chi connectivity index (χ0v) is 8.03. The molecule has 11 heavy (non-hydrogen) atoms. The van der Waals surface area contributed by atoms with Gasteiger partial charge in [0, 0.05) is 9.75 Å². The third-order valence-electron chi connectivity index (χ3n) is 1.83. The molecule has 0 aromatic carbocycles. The topological polar surface area (TPSA) is 20.2 Å². The molecule has 1 nitrogen and oxygen atoms in total. The van der Waals surface area contributed by atoms with Crippen LogP contribution >= 0.6 is 11.3 Å². The lowest BCUT2D eigenvalue weighted by molar-refractivity contribution is 0.173. The molecule has 0 aliphatic carbocycles. The number of aryl methyl sites for hydroxylation is 2. The molecular weight excluding hydrogens is 156 g/mol. The van der Waals surface area contributed by atoms with Crippen molar-refractivity contribution in [2.75, 3.05) is 0 Å². The normalized spacial score (nSPS) is 13.5. The second-order valence-corrected chi connectivity index (χ2v) is 4.25. The molecule has 1 aromatic rings. The summed E-state index contributed by atoms with van der Waals surface area (Å²) in [7, 11) is 0. The first-order chi connectivity index (χ1) is 5.15. The van der Waals surface area contributed by atoms with Gasteiger partial charge in [0.15, 0.2) is 0 Å². The van der Waals surface area contributed by atoms with Gasteiger partial charge in [-0.3, -0.25) is 0 Å². The molecule has 0 spiro atoms. The summed E-state index contributed by atoms with van der Waals surface area (Å²) in [4.78, 5) is 2.53. The summed E-state index contributed by atoms with van der Waals surface area (Å²) < 4.78 is 0. The fourth-order valence-corrected chi connectivity index (χ4v) is 2.18. The Balaban J connectivity index is 2.93. The van der Waals surface area contributed by atoms with Gasteiger partial charge in [-0.25, -0.2) is 0 Å². The van der Waals surface area contributed by atoms with E-state index in [1.807, 2.05) is 6.92 Å². The van der Waals surface area contributed by atoms with E-state index in [-0.39, 0.29) is 6.10 Å². The molecule has 1 rings (SSSR count). The third kappa shape index (κ3) is 1.82. The van der Waals surface area contributed by atoms with Crippen molar-refractivity contribution in [3.8, 4) is 0 Å². The number of aliphatic hydroxyl groups excluding tert-OH is 1. The maximum Gasteiger partial charge on any atom is 0.0798 e. The van der Waals surface area contributed by atoms with Crippen LogP contribution in [0.4, 0.5) is 0 Å². The molecule has 0 saturated heterocycles. The highest BCUT2D eigenvalue weighted by atomic mass is 32.1. The van der Waals surface area contributed by atoms with Crippen molar-refractivity contribution < 1.29 is 5.11 Å². The molecule has 1 unspecified atom stereocenters. The van der Waals surface area contributed by atoms with Gasteiger partial charge < -0.3 is 5.11 Å². The van der Waals surface area contributed by atoms with Crippen LogP contribution in [-0.4, -0.2) is 5.11 Å². The lowest BCUT2D eigenvalue weighted by atomic mass is 10.1. The van der Waals surface area contributed by atoms with Crippen molar-refractivity contribution in [2.45, 2.75) is 33.3 Å². The van der Waals surface area contributed by atoms with E-state index in [0.29, 0.717) is 0 Å². The molecule has 0 aliphatic heterocycles. The van der Waals surface area contributed by atoms with Gasteiger partial charge in [0.2, 0.25) is 0 Å². The highest BCUT2D eigenvalue weighted by molar-refractivity contribution is 7.12. The minimum atomic E-state index is -0.264. The Kier molecular flexibility index (Phi) is 2.68. The molecule has 2 heteroatoms. The van der Waals surface area contributed by atoms with Gasteiger partial charge in [0.05, 0.1) is 6.10 Å². The van der Waals surface area contributed by atoms with Gasteiger partial charge in [-0.1, -0.05) is 6.92 Å². The molecular formula is C9H14OS. The number of hydrogen-bond donors (Lipinski definition) is 1. The first kappa shape index (κ1) is 8.75. The molecule has 0 fully saturated rings. The second kappa shape index (κ2) is 3.37. The molecule has 1 aromatic heterocycles. The molecule has 1 heterocycles. The third-order valence-corrected chi connectivity index (χ3v) is 2.81. The van der Waals surface area contributed by atoms with E-state index < -0.39 is 0 Å². The highest BCUT2D eigenvalue weighted by Crippen LogP contribution is 2.27. The Morgan fingerprint density at radius 3 is 2.55 bits per heavy atom. The Morgan fingerprint density at radius 2 is 2.18 bits per heavy atom. The largest absolute Gasteiger partial charge is 0.388 e. The lowest BCUT2D eigenvalue weighted by Gasteiger charge is -2.05. The Labute approximate surface area is 71.7 Å². The molecule has 0 amide bonds. The number of hydrogen-bond acceptors (Lipinski definition) is 2. The summed E-state index contributed by atoms with van der Waals surface area (Å²) in [6.07, 6.45) is 0.539. The quantitative estimate of drug-likeness (QED) is 0.723. The van der Waals surface area contributed by atoms with Gasteiger partial charge in [0.25, 0.3) is 0 Å². The molecule has 1 N–H and O–H groups in total. The van der Waals surface area contributed by atoms with Crippen LogP contribution in [0.25, 0.3) is 0 Å². The molecule has 62 valence electrons. The van der Waals surface area contributed by atoms with Gasteiger partial charge >= 0.3 is 0 Å². The minimum absolute atomic E-state index is 0.264. The van der Waals surface area contributed by atoms with Gasteiger partial charge in [0.1, 0.15) is 0 Å². The standard InChI is InChI=1S/C9H14OS/c1-4-9(10)8-5-6(2)11-7(8)3/h5,9-10H,4H2,1-3H3. The summed E-state index contributed by atoms with van der Waals surface area (Å²) in [6.45, 7) is 6.13. The van der Waals surface area contributed by atoms with E-state index in [0.717, 1.165) is 12.0 Å². The first-order valence-electron chi connectivity index (χ1n) is 3.90. The summed E-state index contributed by atoms with van der Waals surface area (Å²) in [6, 6.07) is 2.08. The van der Waals surface area contributed by atoms with E-state index in [1.54, 1.807) is 11.3 Å². The van der Waals surface area contributed by atoms with Gasteiger partial charge in [-0.2, -0.15) is 0 Å². The first-order valence-corrected chi connectivity index (χ1v) is 4.71. The van der Waals surface area contributed by atoms with E-state index in [2.05, 4.69) is 19.9 Å². The molecule has 0 saturated carbocycles. The lowest BCUT2D eigenvalue weighted by Crippen LogP contribution is -1.93. The van der Waals surface area contributed by atoms with Crippen LogP contribution in [0.5, 0.6) is 0 Å². The van der Waals surface area contributed by atoms with Crippen LogP contribution in [0.3, 0.4) is 0 Å². The van der Waals surface area contributed by atoms with Crippen LogP contribution in [0.15, 0.2) is 6.07 Å². The summed E-state index contributed by atoms with van der Waals surface area (Å²) in [5, 5.41) is 9.53. The van der Waals surface area contributed by atoms with Crippen LogP contribution in [0, 0.1) is 13.8 Å². The maximum absolute atomic E-state index is 9.53. The van der Waals surface area contributed by atoms with Crippen molar-refractivity contribution in [3.05, 3.63) is 21.4 Å². The average Bonchev–Trinajstić information content (AvgIpc) is 2.28. The molecule has 0 aliphatic rings. The van der Waals surface area contributed by atoms with Gasteiger partial charge in [-0.05, 0) is 31.9 Å². The number of rotatable bonds is 2. The Hall–Kier alpha value is -0.340. The van der Waals surface area contributed by atoms with Crippen molar-refractivity contribution in [1.29, 1.82) is 0 Å². The van der Waals surface area contributed by atoms with Crippen LogP contribution in [-0.2, 0) is 0 Å². The maximum atomic E-state index is 9.53. The van der Waals surface area contributed by atoms with E-state index in [4.69, 9.17) is 0 Å². The summed E-state index contributed by atoms with van der Waals surface area (Å²) in [5.74, 6) is 0. The molecule has 0 radical (unpaired) electrons. The van der Waals surface area contributed by atoms with E-state index >= 15 is 0 Å². The van der Waals surface area contributed by atoms with E-state index in [9.17, 15) is 5.11 Å². The molecule has 0 bridgehead atoms. The number of thiophene rings is 1. The van der Waals surface area contributed by atoms with E-state index in [1.165, 1.54) is 9.75 Å². The zero-order valence-electron chi connectivity index (χ0n) is 7.22. The van der Waals surface area contributed by atoms with Crippen molar-refractivity contribution in [3.63, 3.8) is 0 Å². The monoisotopic (exact) mass is 170 g/mol. The van der Waals surface area contributed by atoms with Gasteiger partial charge in [-0.15, -0.1) is 11.3 Å². The number of aliphatic hydroxyl groups is 1. The highest BCUT2D eigenvalue weighted by Gasteiger charge is 2.09. The molecule has 1 atom stereocenters. The minimum Gasteiger partial charge on any atom is -0.388 e. The summed E-state index contributed by atoms with van der Waals surface area (Å²) in [5.41, 5.74) is 1.11. The Morgan fingerprint density at radius 1 is 1.55 bits per heavy atom. The fraction of sp³-hybridized carbons (Fsp3) is 0.556. The summed E-state index contributed by atoms with van der Waals surface area (Å²) >= 11 is 1.75. The Bertz CT molecular complexity index is 240. The van der Waals surface area contributed by atoms with Crippen LogP contribution < -0.4 is 0 Å². The second-order valence-electron chi connectivity index (χ2n) is 2.79. The van der Waals surface area contributed by atoms with Crippen molar-refractivity contribution >= 4 is 11.3 Å². The smallest absolute Gasteiger partial charge is 0.0798 e. The fourth-order valence-electron chi connectivity index (χ4n) is 1.20. The van der Waals surface area contributed by atoms with Crippen molar-refractivity contribution in [1.82, 2.24) is 0 Å². The van der Waals surface area contributed by atoms with Crippen LogP contribution in [0.1, 0.15) is 34.8 Å². The average molecular weight is 170 g/mol. The predicted octanol–water partition coefficient (Wildman–Crippen LogP) is 2.81. The van der Waals surface area contributed by atoms with Crippen molar-refractivity contribution in [2.24, 2.45) is 0 Å². The SMILES string of the molecule is CCC(O)c1cc(C)sc1C. The van der Waals surface area contributed by atoms with Crippen LogP contribution in [0.2, 0.25) is 0 Å². The zero-order chi connectivity index (χ0) is 8.43.